The third-order valence-corrected chi connectivity index (χ3v) is 3.40. The molecule has 3 nitrogen and oxygen atoms in total. The molecule has 0 aliphatic carbocycles. The Morgan fingerprint density at radius 2 is 2.13 bits per heavy atom. The number of hydrogen-bond donors (Lipinski definition) is 2. The van der Waals surface area contributed by atoms with Crippen LogP contribution in [0, 0.1) is 5.92 Å². The van der Waals surface area contributed by atoms with Crippen molar-refractivity contribution in [3.63, 3.8) is 0 Å². The van der Waals surface area contributed by atoms with Gasteiger partial charge in [0.2, 0.25) is 5.91 Å². The number of amides is 1. The first-order valence-corrected chi connectivity index (χ1v) is 6.89. The summed E-state index contributed by atoms with van der Waals surface area (Å²) in [5.74, 6) is 2.17. The van der Waals surface area contributed by atoms with E-state index in [4.69, 9.17) is 5.73 Å². The van der Waals surface area contributed by atoms with Crippen LogP contribution in [0.5, 0.6) is 0 Å². The van der Waals surface area contributed by atoms with Crippen molar-refractivity contribution in [2.75, 3.05) is 18.1 Å². The fraction of sp³-hybridized carbons (Fsp3) is 0.909. The lowest BCUT2D eigenvalue weighted by molar-refractivity contribution is -0.125. The van der Waals surface area contributed by atoms with Gasteiger partial charge in [0.05, 0.1) is 5.92 Å². The van der Waals surface area contributed by atoms with E-state index in [0.717, 1.165) is 24.3 Å². The molecule has 1 amide bonds. The first-order valence-electron chi connectivity index (χ1n) is 5.73. The summed E-state index contributed by atoms with van der Waals surface area (Å²) >= 11 is 1.84. The number of nitrogens with one attached hydrogen (secondary N) is 1. The Morgan fingerprint density at radius 3 is 2.60 bits per heavy atom. The normalized spacial score (nSPS) is 14.7. The van der Waals surface area contributed by atoms with E-state index < -0.39 is 0 Å². The van der Waals surface area contributed by atoms with Gasteiger partial charge in [-0.05, 0) is 19.1 Å². The van der Waals surface area contributed by atoms with Crippen LogP contribution >= 0.6 is 11.8 Å². The number of hydrogen-bond acceptors (Lipinski definition) is 3. The predicted molar refractivity (Wildman–Crippen MR) is 68.1 cm³/mol. The van der Waals surface area contributed by atoms with Crippen molar-refractivity contribution in [2.45, 2.75) is 39.7 Å². The van der Waals surface area contributed by atoms with Crippen molar-refractivity contribution in [2.24, 2.45) is 11.7 Å². The van der Waals surface area contributed by atoms with Crippen LogP contribution in [0.4, 0.5) is 0 Å². The average Bonchev–Trinajstić information content (AvgIpc) is 2.22. The van der Waals surface area contributed by atoms with Crippen molar-refractivity contribution < 1.29 is 4.79 Å². The Balaban J connectivity index is 3.87. The third kappa shape index (κ3) is 6.79. The molecule has 0 bridgehead atoms. The summed E-state index contributed by atoms with van der Waals surface area (Å²) in [7, 11) is 0. The highest BCUT2D eigenvalue weighted by Gasteiger charge is 2.17. The summed E-state index contributed by atoms with van der Waals surface area (Å²) in [5, 5.41) is 3.01. The van der Waals surface area contributed by atoms with Gasteiger partial charge in [-0.2, -0.15) is 11.8 Å². The second-order valence-electron chi connectivity index (χ2n) is 3.79. The Labute approximate surface area is 97.6 Å². The highest BCUT2D eigenvalue weighted by atomic mass is 32.2. The Morgan fingerprint density at radius 1 is 1.47 bits per heavy atom. The van der Waals surface area contributed by atoms with Gasteiger partial charge in [0.25, 0.3) is 0 Å². The van der Waals surface area contributed by atoms with Crippen molar-refractivity contribution in [1.29, 1.82) is 0 Å². The Bertz CT molecular complexity index is 176. The van der Waals surface area contributed by atoms with E-state index in [-0.39, 0.29) is 17.9 Å². The lowest BCUT2D eigenvalue weighted by atomic mass is 10.0. The number of carbonyl (C=O) groups excluding carboxylic acids is 1. The second-order valence-corrected chi connectivity index (χ2v) is 5.11. The molecule has 0 rings (SSSR count). The molecule has 4 heteroatoms. The Hall–Kier alpha value is -0.220. The molecule has 0 aromatic carbocycles. The molecule has 0 aliphatic heterocycles. The summed E-state index contributed by atoms with van der Waals surface area (Å²) in [4.78, 5) is 11.7. The topological polar surface area (TPSA) is 55.1 Å². The van der Waals surface area contributed by atoms with E-state index in [9.17, 15) is 4.79 Å². The molecule has 0 saturated heterocycles. The molecule has 90 valence electrons. The minimum Gasteiger partial charge on any atom is -0.353 e. The van der Waals surface area contributed by atoms with Crippen LogP contribution in [0.15, 0.2) is 0 Å². The maximum absolute atomic E-state index is 11.7. The number of carbonyl (C=O) groups is 1. The van der Waals surface area contributed by atoms with E-state index in [0.29, 0.717) is 6.54 Å². The van der Waals surface area contributed by atoms with E-state index in [2.05, 4.69) is 19.2 Å². The monoisotopic (exact) mass is 232 g/mol. The summed E-state index contributed by atoms with van der Waals surface area (Å²) in [6.07, 6.45) is 1.89. The fourth-order valence-electron chi connectivity index (χ4n) is 1.40. The molecule has 0 heterocycles. The summed E-state index contributed by atoms with van der Waals surface area (Å²) in [6.45, 7) is 6.69. The first kappa shape index (κ1) is 14.8. The van der Waals surface area contributed by atoms with Crippen LogP contribution in [0.25, 0.3) is 0 Å². The van der Waals surface area contributed by atoms with Crippen molar-refractivity contribution in [3.8, 4) is 0 Å². The van der Waals surface area contributed by atoms with Gasteiger partial charge in [-0.25, -0.2) is 0 Å². The molecule has 0 saturated carbocycles. The second kappa shape index (κ2) is 9.04. The van der Waals surface area contributed by atoms with Gasteiger partial charge in [0.15, 0.2) is 0 Å². The van der Waals surface area contributed by atoms with Crippen LogP contribution in [0.1, 0.15) is 33.6 Å². The fourth-order valence-corrected chi connectivity index (χ4v) is 2.07. The molecule has 2 unspecified atom stereocenters. The molecule has 0 aromatic rings. The van der Waals surface area contributed by atoms with E-state index in [1.807, 2.05) is 18.7 Å². The molecule has 0 spiro atoms. The number of thioether (sulfide) groups is 1. The van der Waals surface area contributed by atoms with E-state index >= 15 is 0 Å². The summed E-state index contributed by atoms with van der Waals surface area (Å²) in [6, 6.07) is 0.244. The predicted octanol–water partition coefficient (Wildman–Crippen LogP) is 1.62. The molecule has 0 radical (unpaired) electrons. The van der Waals surface area contributed by atoms with Crippen LogP contribution in [0.2, 0.25) is 0 Å². The first-order chi connectivity index (χ1) is 7.15. The largest absolute Gasteiger partial charge is 0.353 e. The molecule has 15 heavy (non-hydrogen) atoms. The maximum atomic E-state index is 11.7. The zero-order valence-corrected chi connectivity index (χ0v) is 10.9. The standard InChI is InChI=1S/C11H24N2OS/c1-4-6-10(7-12)11(14)13-9(3)8-15-5-2/h9-10H,4-8,12H2,1-3H3,(H,13,14). The Kier molecular flexibility index (Phi) is 8.91. The van der Waals surface area contributed by atoms with Crippen LogP contribution in [-0.2, 0) is 4.79 Å². The molecule has 2 atom stereocenters. The molecular formula is C11H24N2OS. The molecule has 0 aliphatic rings. The highest BCUT2D eigenvalue weighted by molar-refractivity contribution is 7.99. The average molecular weight is 232 g/mol. The van der Waals surface area contributed by atoms with Crippen molar-refractivity contribution in [1.82, 2.24) is 5.32 Å². The molecule has 3 N–H and O–H groups in total. The van der Waals surface area contributed by atoms with E-state index in [1.54, 1.807) is 0 Å². The quantitative estimate of drug-likeness (QED) is 0.668. The molecule has 0 fully saturated rings. The van der Waals surface area contributed by atoms with Crippen LogP contribution in [0.3, 0.4) is 0 Å². The summed E-state index contributed by atoms with van der Waals surface area (Å²) < 4.78 is 0. The van der Waals surface area contributed by atoms with Gasteiger partial charge in [-0.15, -0.1) is 0 Å². The van der Waals surface area contributed by atoms with Gasteiger partial charge in [-0.1, -0.05) is 20.3 Å². The van der Waals surface area contributed by atoms with Gasteiger partial charge in [0.1, 0.15) is 0 Å². The highest BCUT2D eigenvalue weighted by Crippen LogP contribution is 2.06. The number of nitrogens with two attached hydrogens (primary N) is 1. The zero-order chi connectivity index (χ0) is 11.7. The minimum absolute atomic E-state index is 0.0101. The number of rotatable bonds is 8. The van der Waals surface area contributed by atoms with Gasteiger partial charge >= 0.3 is 0 Å². The maximum Gasteiger partial charge on any atom is 0.224 e. The SMILES string of the molecule is CCCC(CN)C(=O)NC(C)CSCC. The van der Waals surface area contributed by atoms with Gasteiger partial charge in [0, 0.05) is 18.3 Å². The van der Waals surface area contributed by atoms with Gasteiger partial charge in [-0.3, -0.25) is 4.79 Å². The lowest BCUT2D eigenvalue weighted by Gasteiger charge is -2.18. The molecule has 0 aromatic heterocycles. The molecular weight excluding hydrogens is 208 g/mol. The summed E-state index contributed by atoms with van der Waals surface area (Å²) in [5.41, 5.74) is 5.57. The lowest BCUT2D eigenvalue weighted by Crippen LogP contribution is -2.41. The van der Waals surface area contributed by atoms with Crippen molar-refractivity contribution in [3.05, 3.63) is 0 Å². The minimum atomic E-state index is -0.0101. The van der Waals surface area contributed by atoms with Gasteiger partial charge < -0.3 is 11.1 Å². The van der Waals surface area contributed by atoms with Crippen LogP contribution in [-0.4, -0.2) is 30.0 Å². The smallest absolute Gasteiger partial charge is 0.224 e. The third-order valence-electron chi connectivity index (χ3n) is 2.25. The zero-order valence-electron chi connectivity index (χ0n) is 10.1. The van der Waals surface area contributed by atoms with E-state index in [1.165, 1.54) is 0 Å². The van der Waals surface area contributed by atoms with Crippen LogP contribution < -0.4 is 11.1 Å². The van der Waals surface area contributed by atoms with Crippen molar-refractivity contribution >= 4 is 17.7 Å².